The van der Waals surface area contributed by atoms with E-state index in [-0.39, 0.29) is 17.0 Å². The Morgan fingerprint density at radius 2 is 2.00 bits per heavy atom. The van der Waals surface area contributed by atoms with E-state index >= 15 is 0 Å². The van der Waals surface area contributed by atoms with E-state index in [0.29, 0.717) is 0 Å². The average Bonchev–Trinajstić information content (AvgIpc) is 2.85. The Balaban J connectivity index is 0.000000963. The van der Waals surface area contributed by atoms with Crippen molar-refractivity contribution in [3.63, 3.8) is 0 Å². The van der Waals surface area contributed by atoms with Gasteiger partial charge in [-0.3, -0.25) is 0 Å². The number of rotatable bonds is 1. The molecule has 0 fully saturated rings. The fraction of sp³-hybridized carbons (Fsp3) is 0.154. The molecule has 16 heavy (non-hydrogen) atoms. The van der Waals surface area contributed by atoms with Crippen LogP contribution in [0.15, 0.2) is 53.9 Å². The lowest BCUT2D eigenvalue weighted by Crippen LogP contribution is -3.00. The van der Waals surface area contributed by atoms with Crippen LogP contribution in [0.1, 0.15) is 5.82 Å². The largest absolute Gasteiger partial charge is 1.00 e. The third-order valence-corrected chi connectivity index (χ3v) is 3.10. The second-order valence-corrected chi connectivity index (χ2v) is 3.94. The SMILES string of the molecule is Cc1n(C2=CC=C3C=CC=C32)cc[n+]1C.[Br-]. The van der Waals surface area contributed by atoms with Gasteiger partial charge in [0.2, 0.25) is 0 Å². The van der Waals surface area contributed by atoms with Crippen LogP contribution >= 0.6 is 0 Å². The number of hydrogen-bond donors (Lipinski definition) is 0. The summed E-state index contributed by atoms with van der Waals surface area (Å²) in [5.74, 6) is 1.24. The number of halogens is 1. The van der Waals surface area contributed by atoms with Crippen molar-refractivity contribution in [2.75, 3.05) is 0 Å². The number of allylic oxidation sites excluding steroid dienone is 8. The molecule has 1 aromatic rings. The highest BCUT2D eigenvalue weighted by Crippen LogP contribution is 2.33. The minimum Gasteiger partial charge on any atom is -1.00 e. The van der Waals surface area contributed by atoms with Crippen molar-refractivity contribution in [1.82, 2.24) is 4.57 Å². The Morgan fingerprint density at radius 3 is 2.69 bits per heavy atom. The normalized spacial score (nSPS) is 16.5. The van der Waals surface area contributed by atoms with Gasteiger partial charge >= 0.3 is 0 Å². The summed E-state index contributed by atoms with van der Waals surface area (Å²) in [5.41, 5.74) is 3.92. The Morgan fingerprint density at radius 1 is 1.19 bits per heavy atom. The Labute approximate surface area is 106 Å². The van der Waals surface area contributed by atoms with Crippen LogP contribution in [0.3, 0.4) is 0 Å². The van der Waals surface area contributed by atoms with Gasteiger partial charge < -0.3 is 17.0 Å². The minimum absolute atomic E-state index is 0. The predicted octanol–water partition coefficient (Wildman–Crippen LogP) is -1.10. The molecule has 0 aliphatic heterocycles. The molecule has 0 saturated heterocycles. The summed E-state index contributed by atoms with van der Waals surface area (Å²) in [6.45, 7) is 2.13. The lowest BCUT2D eigenvalue weighted by Gasteiger charge is -2.02. The van der Waals surface area contributed by atoms with E-state index < -0.39 is 0 Å². The molecule has 82 valence electrons. The molecule has 0 bridgehead atoms. The van der Waals surface area contributed by atoms with Gasteiger partial charge in [0.1, 0.15) is 18.1 Å². The van der Waals surface area contributed by atoms with Crippen LogP contribution in [0.5, 0.6) is 0 Å². The maximum atomic E-state index is 2.22. The summed E-state index contributed by atoms with van der Waals surface area (Å²) < 4.78 is 4.35. The number of fused-ring (bicyclic) bond motifs is 1. The van der Waals surface area contributed by atoms with Crippen molar-refractivity contribution in [2.45, 2.75) is 6.92 Å². The molecule has 2 aliphatic carbocycles. The summed E-state index contributed by atoms with van der Waals surface area (Å²) in [6, 6.07) is 0. The molecule has 1 heterocycles. The monoisotopic (exact) mass is 276 g/mol. The average molecular weight is 277 g/mol. The van der Waals surface area contributed by atoms with Crippen molar-refractivity contribution < 1.29 is 21.5 Å². The molecular formula is C13H13BrN2. The molecule has 1 aromatic heterocycles. The lowest BCUT2D eigenvalue weighted by molar-refractivity contribution is -0.676. The highest BCUT2D eigenvalue weighted by molar-refractivity contribution is 5.82. The highest BCUT2D eigenvalue weighted by atomic mass is 79.9. The van der Waals surface area contributed by atoms with Crippen molar-refractivity contribution in [3.05, 3.63) is 59.7 Å². The number of hydrogen-bond acceptors (Lipinski definition) is 0. The van der Waals surface area contributed by atoms with Crippen LogP contribution in [0.4, 0.5) is 0 Å². The molecule has 0 amide bonds. The van der Waals surface area contributed by atoms with E-state index in [9.17, 15) is 0 Å². The zero-order chi connectivity index (χ0) is 10.4. The zero-order valence-corrected chi connectivity index (χ0v) is 10.9. The Bertz CT molecular complexity index is 556. The fourth-order valence-electron chi connectivity index (χ4n) is 2.09. The van der Waals surface area contributed by atoms with E-state index in [1.165, 1.54) is 22.7 Å². The molecule has 2 nitrogen and oxygen atoms in total. The second-order valence-electron chi connectivity index (χ2n) is 3.94. The van der Waals surface area contributed by atoms with E-state index in [4.69, 9.17) is 0 Å². The molecule has 0 aromatic carbocycles. The van der Waals surface area contributed by atoms with Gasteiger partial charge in [-0.05, 0) is 17.7 Å². The van der Waals surface area contributed by atoms with E-state index in [0.717, 1.165) is 0 Å². The first-order chi connectivity index (χ1) is 7.27. The summed E-state index contributed by atoms with van der Waals surface area (Å²) in [7, 11) is 2.07. The molecule has 0 radical (unpaired) electrons. The van der Waals surface area contributed by atoms with Gasteiger partial charge in [0.05, 0.1) is 7.05 Å². The topological polar surface area (TPSA) is 8.81 Å². The van der Waals surface area contributed by atoms with Crippen molar-refractivity contribution >= 4 is 5.70 Å². The zero-order valence-electron chi connectivity index (χ0n) is 9.31. The maximum absolute atomic E-state index is 2.22. The highest BCUT2D eigenvalue weighted by Gasteiger charge is 2.23. The van der Waals surface area contributed by atoms with Crippen LogP contribution in [0.2, 0.25) is 0 Å². The Hall–Kier alpha value is -1.35. The van der Waals surface area contributed by atoms with Gasteiger partial charge in [-0.1, -0.05) is 18.2 Å². The first-order valence-corrected chi connectivity index (χ1v) is 5.12. The molecule has 0 spiro atoms. The van der Waals surface area contributed by atoms with Crippen molar-refractivity contribution in [3.8, 4) is 0 Å². The molecule has 2 aliphatic rings. The van der Waals surface area contributed by atoms with Gasteiger partial charge in [-0.25, -0.2) is 4.57 Å². The van der Waals surface area contributed by atoms with E-state index in [1.807, 2.05) is 0 Å². The predicted molar refractivity (Wildman–Crippen MR) is 59.9 cm³/mol. The molecule has 0 N–H and O–H groups in total. The van der Waals surface area contributed by atoms with Crippen LogP contribution in [0.25, 0.3) is 5.70 Å². The number of aromatic nitrogens is 2. The molecule has 0 saturated carbocycles. The maximum Gasteiger partial charge on any atom is 0.258 e. The number of nitrogens with zero attached hydrogens (tertiary/aromatic N) is 2. The fourth-order valence-corrected chi connectivity index (χ4v) is 2.09. The molecule has 0 atom stereocenters. The molecule has 3 rings (SSSR count). The first-order valence-electron chi connectivity index (χ1n) is 5.12. The molecular weight excluding hydrogens is 264 g/mol. The van der Waals surface area contributed by atoms with Crippen LogP contribution in [-0.4, -0.2) is 4.57 Å². The first kappa shape index (κ1) is 11.1. The summed E-state index contributed by atoms with van der Waals surface area (Å²) in [5, 5.41) is 0. The van der Waals surface area contributed by atoms with Gasteiger partial charge in [0.15, 0.2) is 0 Å². The summed E-state index contributed by atoms with van der Waals surface area (Å²) in [4.78, 5) is 0. The third kappa shape index (κ3) is 1.43. The summed E-state index contributed by atoms with van der Waals surface area (Å²) in [6.07, 6.45) is 15.0. The van der Waals surface area contributed by atoms with E-state index in [1.54, 1.807) is 0 Å². The van der Waals surface area contributed by atoms with Crippen LogP contribution in [-0.2, 0) is 7.05 Å². The van der Waals surface area contributed by atoms with Crippen molar-refractivity contribution in [1.29, 1.82) is 0 Å². The third-order valence-electron chi connectivity index (χ3n) is 3.10. The minimum atomic E-state index is 0. The van der Waals surface area contributed by atoms with Gasteiger partial charge in [-0.2, -0.15) is 4.57 Å². The van der Waals surface area contributed by atoms with E-state index in [2.05, 4.69) is 65.9 Å². The van der Waals surface area contributed by atoms with Gasteiger partial charge in [-0.15, -0.1) is 0 Å². The van der Waals surface area contributed by atoms with Crippen LogP contribution < -0.4 is 21.5 Å². The van der Waals surface area contributed by atoms with Gasteiger partial charge in [0, 0.05) is 12.5 Å². The van der Waals surface area contributed by atoms with Gasteiger partial charge in [0.25, 0.3) is 5.82 Å². The standard InChI is InChI=1S/C13H13N2.BrH/c1-10-14(2)8-9-15(10)13-7-6-11-4-3-5-12(11)13;/h3-9H,1-2H3;1H/q+1;/p-1. The quantitative estimate of drug-likeness (QED) is 0.576. The number of imidazole rings is 1. The van der Waals surface area contributed by atoms with Crippen LogP contribution in [0, 0.1) is 6.92 Å². The summed E-state index contributed by atoms with van der Waals surface area (Å²) >= 11 is 0. The second kappa shape index (κ2) is 3.91. The Kier molecular flexibility index (Phi) is 2.72. The smallest absolute Gasteiger partial charge is 0.258 e. The van der Waals surface area contributed by atoms with Crippen molar-refractivity contribution in [2.24, 2.45) is 7.05 Å². The molecule has 0 unspecified atom stereocenters. The number of aryl methyl sites for hydroxylation is 1. The lowest BCUT2D eigenvalue weighted by atomic mass is 10.1. The molecule has 3 heteroatoms.